The summed E-state index contributed by atoms with van der Waals surface area (Å²) >= 11 is 0. The molecule has 36 heavy (non-hydrogen) atoms. The van der Waals surface area contributed by atoms with E-state index in [0.717, 1.165) is 6.20 Å². The summed E-state index contributed by atoms with van der Waals surface area (Å²) in [6, 6.07) is 4.49. The normalized spacial score (nSPS) is 23.5. The van der Waals surface area contributed by atoms with Gasteiger partial charge in [0.1, 0.15) is 0 Å². The van der Waals surface area contributed by atoms with Crippen molar-refractivity contribution in [1.82, 2.24) is 29.2 Å². The topological polar surface area (TPSA) is 141 Å². The van der Waals surface area contributed by atoms with Crippen LogP contribution in [0.2, 0.25) is 0 Å². The van der Waals surface area contributed by atoms with E-state index in [-0.39, 0.29) is 27.5 Å². The van der Waals surface area contributed by atoms with Gasteiger partial charge in [-0.1, -0.05) is 11.2 Å². The molecular weight excluding hydrogens is 499 g/mol. The predicted octanol–water partition coefficient (Wildman–Crippen LogP) is 3.15. The van der Waals surface area contributed by atoms with Crippen molar-refractivity contribution in [3.63, 3.8) is 0 Å². The fourth-order valence-corrected chi connectivity index (χ4v) is 6.80. The molecule has 3 heterocycles. The molecule has 0 atom stereocenters. The molecule has 2 bridgehead atoms. The molecule has 0 spiro atoms. The Balaban J connectivity index is 1.32. The molecule has 3 aliphatic rings. The van der Waals surface area contributed by atoms with E-state index in [4.69, 9.17) is 10.3 Å². The van der Waals surface area contributed by atoms with Crippen LogP contribution < -0.4 is 10.5 Å². The minimum atomic E-state index is -4.71. The maximum atomic E-state index is 13.3. The standard InChI is InChI=1S/C22H20F3N7O3S/c1-11-3-4-13(36(33,34)31-21-8-20(9-21,10-21)19-28-12(2)30-35-19)5-14(11)15-6-27-18-17(26)29-16(7-32(15)18)22(23,24)25/h3-7,31H,8-10H2,1-2H3,(H2,26,29). The lowest BCUT2D eigenvalue weighted by molar-refractivity contribution is -0.141. The third-order valence-corrected chi connectivity index (χ3v) is 8.54. The third-order valence-electron chi connectivity index (χ3n) is 6.97. The van der Waals surface area contributed by atoms with Gasteiger partial charge in [0.15, 0.2) is 23.0 Å². The summed E-state index contributed by atoms with van der Waals surface area (Å²) in [6.07, 6.45) is -0.906. The molecule has 4 aromatic rings. The maximum absolute atomic E-state index is 13.3. The third kappa shape index (κ3) is 3.31. The number of sulfonamides is 1. The Hall–Kier alpha value is -3.52. The number of hydrogen-bond acceptors (Lipinski definition) is 8. The summed E-state index contributed by atoms with van der Waals surface area (Å²) in [6.45, 7) is 3.45. The maximum Gasteiger partial charge on any atom is 0.434 e. The Labute approximate surface area is 202 Å². The van der Waals surface area contributed by atoms with Crippen molar-refractivity contribution in [3.8, 4) is 11.3 Å². The van der Waals surface area contributed by atoms with Crippen LogP contribution >= 0.6 is 0 Å². The number of fused-ring (bicyclic) bond motifs is 1. The van der Waals surface area contributed by atoms with Crippen molar-refractivity contribution in [1.29, 1.82) is 0 Å². The summed E-state index contributed by atoms with van der Waals surface area (Å²) in [7, 11) is -3.93. The average molecular weight is 520 g/mol. The van der Waals surface area contributed by atoms with Gasteiger partial charge >= 0.3 is 6.18 Å². The molecule has 188 valence electrons. The van der Waals surface area contributed by atoms with Gasteiger partial charge in [-0.3, -0.25) is 4.40 Å². The van der Waals surface area contributed by atoms with Gasteiger partial charge in [0.2, 0.25) is 15.9 Å². The first kappa shape index (κ1) is 22.9. The summed E-state index contributed by atoms with van der Waals surface area (Å²) in [5.41, 5.74) is 5.02. The van der Waals surface area contributed by atoms with Crippen molar-refractivity contribution in [2.75, 3.05) is 5.73 Å². The Kier molecular flexibility index (Phi) is 4.48. The van der Waals surface area contributed by atoms with Crippen molar-refractivity contribution < 1.29 is 26.1 Å². The highest BCUT2D eigenvalue weighted by atomic mass is 32.2. The molecule has 0 radical (unpaired) electrons. The van der Waals surface area contributed by atoms with Gasteiger partial charge < -0.3 is 10.3 Å². The Morgan fingerprint density at radius 1 is 1.17 bits per heavy atom. The zero-order valence-corrected chi connectivity index (χ0v) is 19.9. The molecule has 1 aromatic carbocycles. The van der Waals surface area contributed by atoms with E-state index in [0.29, 0.717) is 42.1 Å². The number of alkyl halides is 3. The number of nitrogens with two attached hydrogens (primary N) is 1. The highest BCUT2D eigenvalue weighted by Crippen LogP contribution is 2.67. The van der Waals surface area contributed by atoms with Gasteiger partial charge in [-0.15, -0.1) is 0 Å². The van der Waals surface area contributed by atoms with E-state index in [9.17, 15) is 21.6 Å². The molecule has 0 amide bonds. The molecule has 3 fully saturated rings. The first-order valence-corrected chi connectivity index (χ1v) is 12.5. The number of halogens is 3. The number of nitrogens with one attached hydrogen (secondary N) is 1. The van der Waals surface area contributed by atoms with Crippen molar-refractivity contribution >= 4 is 21.5 Å². The van der Waals surface area contributed by atoms with E-state index in [1.807, 2.05) is 0 Å². The largest absolute Gasteiger partial charge is 0.434 e. The smallest absolute Gasteiger partial charge is 0.381 e. The monoisotopic (exact) mass is 519 g/mol. The van der Waals surface area contributed by atoms with E-state index in [2.05, 4.69) is 24.8 Å². The fraction of sp³-hybridized carbons (Fsp3) is 0.364. The van der Waals surface area contributed by atoms with Crippen LogP contribution in [0.5, 0.6) is 0 Å². The lowest BCUT2D eigenvalue weighted by atomic mass is 9.40. The van der Waals surface area contributed by atoms with Crippen LogP contribution in [0.3, 0.4) is 0 Å². The first-order valence-electron chi connectivity index (χ1n) is 11.0. The lowest BCUT2D eigenvalue weighted by Gasteiger charge is -2.68. The summed E-state index contributed by atoms with van der Waals surface area (Å²) < 4.78 is 75.8. The molecule has 14 heteroatoms. The van der Waals surface area contributed by atoms with Gasteiger partial charge in [0, 0.05) is 17.3 Å². The van der Waals surface area contributed by atoms with Gasteiger partial charge in [0.05, 0.1) is 22.2 Å². The van der Waals surface area contributed by atoms with E-state index in [1.165, 1.54) is 22.7 Å². The molecule has 3 saturated carbocycles. The molecule has 3 aromatic heterocycles. The van der Waals surface area contributed by atoms with Crippen LogP contribution in [0.1, 0.15) is 42.2 Å². The molecule has 7 rings (SSSR count). The molecule has 10 nitrogen and oxygen atoms in total. The summed E-state index contributed by atoms with van der Waals surface area (Å²) in [5.74, 6) is 0.676. The van der Waals surface area contributed by atoms with Crippen LogP contribution in [0.4, 0.5) is 19.0 Å². The molecule has 0 unspecified atom stereocenters. The number of rotatable bonds is 5. The zero-order valence-electron chi connectivity index (χ0n) is 19.1. The van der Waals surface area contributed by atoms with Gasteiger partial charge in [0.25, 0.3) is 0 Å². The minimum Gasteiger partial charge on any atom is -0.381 e. The van der Waals surface area contributed by atoms with Crippen LogP contribution in [0.15, 0.2) is 40.0 Å². The van der Waals surface area contributed by atoms with Crippen molar-refractivity contribution in [3.05, 3.63) is 53.6 Å². The number of aromatic nitrogens is 5. The molecular formula is C22H20F3N7O3S. The average Bonchev–Trinajstić information content (AvgIpc) is 3.36. The van der Waals surface area contributed by atoms with Gasteiger partial charge in [-0.05, 0) is 50.8 Å². The SMILES string of the molecule is Cc1noc(C23CC(NS(=O)(=O)c4ccc(C)c(-c5cnc6c(N)nc(C(F)(F)F)cn56)c4)(C2)C3)n1. The second kappa shape index (κ2) is 7.03. The highest BCUT2D eigenvalue weighted by Gasteiger charge is 2.72. The van der Waals surface area contributed by atoms with Crippen LogP contribution in [0.25, 0.3) is 16.9 Å². The second-order valence-corrected chi connectivity index (χ2v) is 11.3. The van der Waals surface area contributed by atoms with E-state index < -0.39 is 27.4 Å². The van der Waals surface area contributed by atoms with E-state index in [1.54, 1.807) is 19.9 Å². The number of nitrogen functional groups attached to an aromatic ring is 1. The molecule has 0 aliphatic heterocycles. The number of aryl methyl sites for hydroxylation is 2. The Morgan fingerprint density at radius 2 is 1.89 bits per heavy atom. The number of imidazole rings is 1. The second-order valence-electron chi connectivity index (χ2n) is 9.67. The van der Waals surface area contributed by atoms with Gasteiger partial charge in [-0.2, -0.15) is 18.2 Å². The summed E-state index contributed by atoms with van der Waals surface area (Å²) in [5, 5.41) is 3.82. The Morgan fingerprint density at radius 3 is 2.53 bits per heavy atom. The van der Waals surface area contributed by atoms with Crippen LogP contribution in [0, 0.1) is 13.8 Å². The highest BCUT2D eigenvalue weighted by molar-refractivity contribution is 7.89. The minimum absolute atomic E-state index is 0.0106. The van der Waals surface area contributed by atoms with Crippen LogP contribution in [-0.2, 0) is 21.6 Å². The number of nitrogens with zero attached hydrogens (tertiary/aromatic N) is 5. The van der Waals surface area contributed by atoms with Crippen LogP contribution in [-0.4, -0.2) is 38.5 Å². The predicted molar refractivity (Wildman–Crippen MR) is 120 cm³/mol. The number of anilines is 1. The lowest BCUT2D eigenvalue weighted by Crippen LogP contribution is -2.76. The Bertz CT molecular complexity index is 1640. The summed E-state index contributed by atoms with van der Waals surface area (Å²) in [4.78, 5) is 11.8. The van der Waals surface area contributed by atoms with Crippen molar-refractivity contribution in [2.45, 2.75) is 55.1 Å². The van der Waals surface area contributed by atoms with E-state index >= 15 is 0 Å². The quantitative estimate of drug-likeness (QED) is 0.410. The zero-order chi connectivity index (χ0) is 25.7. The molecule has 0 saturated heterocycles. The number of hydrogen-bond donors (Lipinski definition) is 2. The number of benzene rings is 1. The molecule has 3 N–H and O–H groups in total. The first-order chi connectivity index (χ1) is 16.8. The van der Waals surface area contributed by atoms with Crippen molar-refractivity contribution in [2.24, 2.45) is 0 Å². The fourth-order valence-electron chi connectivity index (χ4n) is 5.37. The van der Waals surface area contributed by atoms with Gasteiger partial charge in [-0.25, -0.2) is 23.1 Å². The molecule has 3 aliphatic carbocycles.